The van der Waals surface area contributed by atoms with E-state index in [1.54, 1.807) is 0 Å². The second-order valence-corrected chi connectivity index (χ2v) is 4.59. The summed E-state index contributed by atoms with van der Waals surface area (Å²) in [4.78, 5) is 12.1. The van der Waals surface area contributed by atoms with Gasteiger partial charge in [0.05, 0.1) is 11.1 Å². The summed E-state index contributed by atoms with van der Waals surface area (Å²) >= 11 is 7.26. The fourth-order valence-electron chi connectivity index (χ4n) is 1.02. The van der Waals surface area contributed by atoms with E-state index >= 15 is 0 Å². The highest BCUT2D eigenvalue weighted by Gasteiger charge is 2.14. The monoisotopic (exact) mass is 247 g/mol. The molecule has 15 heavy (non-hydrogen) atoms. The topological polar surface area (TPSA) is 49.3 Å². The third kappa shape index (κ3) is 3.19. The van der Waals surface area contributed by atoms with Crippen molar-refractivity contribution in [3.05, 3.63) is 20.8 Å². The number of hydrogen-bond donors (Lipinski definition) is 2. The van der Waals surface area contributed by atoms with Crippen molar-refractivity contribution in [1.82, 2.24) is 5.32 Å². The van der Waals surface area contributed by atoms with Crippen LogP contribution >= 0.6 is 22.9 Å². The number of carbonyl (C=O) groups excluding carboxylic acids is 1. The molecule has 1 heterocycles. The maximum Gasteiger partial charge on any atom is 0.262 e. The molecule has 1 aromatic rings. The lowest BCUT2D eigenvalue weighted by Crippen LogP contribution is -2.31. The van der Waals surface area contributed by atoms with Gasteiger partial charge in [-0.05, 0) is 24.3 Å². The summed E-state index contributed by atoms with van der Waals surface area (Å²) in [6.07, 6.45) is 0.131. The number of carbonyl (C=O) groups is 1. The Kier molecular flexibility index (Phi) is 4.57. The smallest absolute Gasteiger partial charge is 0.262 e. The molecule has 0 saturated carbocycles. The summed E-state index contributed by atoms with van der Waals surface area (Å²) < 4.78 is 0. The van der Waals surface area contributed by atoms with E-state index in [1.807, 2.05) is 19.2 Å². The third-order valence-electron chi connectivity index (χ3n) is 2.07. The highest BCUT2D eigenvalue weighted by molar-refractivity contribution is 7.13. The first-order chi connectivity index (χ1) is 7.06. The Morgan fingerprint density at radius 2 is 2.40 bits per heavy atom. The highest BCUT2D eigenvalue weighted by Crippen LogP contribution is 2.26. The van der Waals surface area contributed by atoms with Crippen LogP contribution in [0.2, 0.25) is 5.02 Å². The fourth-order valence-corrected chi connectivity index (χ4v) is 2.21. The van der Waals surface area contributed by atoms with E-state index in [4.69, 9.17) is 11.6 Å². The van der Waals surface area contributed by atoms with Gasteiger partial charge in [-0.15, -0.1) is 11.3 Å². The zero-order chi connectivity index (χ0) is 11.4. The Balaban J connectivity index is 2.58. The molecule has 3 nitrogen and oxygen atoms in total. The molecule has 0 aromatic carbocycles. The maximum atomic E-state index is 11.6. The van der Waals surface area contributed by atoms with Crippen LogP contribution in [-0.4, -0.2) is 23.7 Å². The average Bonchev–Trinajstić information content (AvgIpc) is 2.56. The van der Waals surface area contributed by atoms with Crippen molar-refractivity contribution in [2.45, 2.75) is 26.4 Å². The molecule has 1 aromatic heterocycles. The number of nitrogens with one attached hydrogen (secondary N) is 1. The van der Waals surface area contributed by atoms with Gasteiger partial charge in [0.2, 0.25) is 0 Å². The molecule has 1 atom stereocenters. The predicted octanol–water partition coefficient (Wildman–Crippen LogP) is 2.21. The standard InChI is InChI=1S/C10H14ClNO2S/c1-3-7(13)4-12-10(14)9-8(11)6(2)5-15-9/h5,7,13H,3-4H2,1-2H3,(H,12,14). The number of amides is 1. The molecule has 0 radical (unpaired) electrons. The minimum atomic E-state index is -0.492. The minimum absolute atomic E-state index is 0.217. The van der Waals surface area contributed by atoms with E-state index in [9.17, 15) is 9.90 Å². The lowest BCUT2D eigenvalue weighted by atomic mass is 10.2. The lowest BCUT2D eigenvalue weighted by Gasteiger charge is -2.08. The van der Waals surface area contributed by atoms with Crippen molar-refractivity contribution in [1.29, 1.82) is 0 Å². The number of aliphatic hydroxyl groups excluding tert-OH is 1. The van der Waals surface area contributed by atoms with Crippen molar-refractivity contribution >= 4 is 28.8 Å². The molecule has 0 aliphatic rings. The van der Waals surface area contributed by atoms with Gasteiger partial charge in [0.1, 0.15) is 4.88 Å². The van der Waals surface area contributed by atoms with Gasteiger partial charge in [0, 0.05) is 6.54 Å². The van der Waals surface area contributed by atoms with Crippen LogP contribution in [0.25, 0.3) is 0 Å². The van der Waals surface area contributed by atoms with Gasteiger partial charge in [-0.3, -0.25) is 4.79 Å². The zero-order valence-electron chi connectivity index (χ0n) is 8.71. The summed E-state index contributed by atoms with van der Waals surface area (Å²) in [6.45, 7) is 3.98. The number of aryl methyl sites for hydroxylation is 1. The first-order valence-electron chi connectivity index (χ1n) is 4.76. The van der Waals surface area contributed by atoms with Gasteiger partial charge in [0.15, 0.2) is 0 Å². The molecule has 0 saturated heterocycles. The Bertz CT molecular complexity index is 351. The van der Waals surface area contributed by atoms with Crippen molar-refractivity contribution < 1.29 is 9.90 Å². The number of thiophene rings is 1. The molecule has 1 unspecified atom stereocenters. The van der Waals surface area contributed by atoms with Crippen LogP contribution in [0.15, 0.2) is 5.38 Å². The molecule has 0 bridgehead atoms. The van der Waals surface area contributed by atoms with Gasteiger partial charge in [-0.1, -0.05) is 18.5 Å². The van der Waals surface area contributed by atoms with Crippen LogP contribution in [0.4, 0.5) is 0 Å². The van der Waals surface area contributed by atoms with Crippen LogP contribution in [0.5, 0.6) is 0 Å². The Morgan fingerprint density at radius 1 is 1.73 bits per heavy atom. The summed E-state index contributed by atoms with van der Waals surface area (Å²) in [5, 5.41) is 14.3. The van der Waals surface area contributed by atoms with E-state index in [1.165, 1.54) is 11.3 Å². The number of rotatable bonds is 4. The quantitative estimate of drug-likeness (QED) is 0.857. The van der Waals surface area contributed by atoms with Crippen LogP contribution in [0, 0.1) is 6.92 Å². The van der Waals surface area contributed by atoms with Gasteiger partial charge in [-0.2, -0.15) is 0 Å². The predicted molar refractivity (Wildman–Crippen MR) is 62.7 cm³/mol. The van der Waals surface area contributed by atoms with Gasteiger partial charge >= 0.3 is 0 Å². The molecule has 0 aliphatic heterocycles. The Hall–Kier alpha value is -0.580. The summed E-state index contributed by atoms with van der Waals surface area (Å²) in [6, 6.07) is 0. The molecular weight excluding hydrogens is 234 g/mol. The van der Waals surface area contributed by atoms with Crippen molar-refractivity contribution in [3.63, 3.8) is 0 Å². The molecule has 5 heteroatoms. The molecule has 1 rings (SSSR count). The van der Waals surface area contributed by atoms with Crippen molar-refractivity contribution in [3.8, 4) is 0 Å². The van der Waals surface area contributed by atoms with Crippen LogP contribution in [0.3, 0.4) is 0 Å². The second-order valence-electron chi connectivity index (χ2n) is 3.33. The number of hydrogen-bond acceptors (Lipinski definition) is 3. The Labute approximate surface area is 98.1 Å². The van der Waals surface area contributed by atoms with Gasteiger partial charge < -0.3 is 10.4 Å². The van der Waals surface area contributed by atoms with Crippen LogP contribution in [0.1, 0.15) is 28.6 Å². The SMILES string of the molecule is CCC(O)CNC(=O)c1scc(C)c1Cl. The van der Waals surface area contributed by atoms with Crippen LogP contribution < -0.4 is 5.32 Å². The van der Waals surface area contributed by atoms with Crippen molar-refractivity contribution in [2.75, 3.05) is 6.54 Å². The first-order valence-corrected chi connectivity index (χ1v) is 6.01. The molecule has 84 valence electrons. The van der Waals surface area contributed by atoms with Gasteiger partial charge in [0.25, 0.3) is 5.91 Å². The van der Waals surface area contributed by atoms with E-state index in [2.05, 4.69) is 5.32 Å². The maximum absolute atomic E-state index is 11.6. The summed E-state index contributed by atoms with van der Waals surface area (Å²) in [5.41, 5.74) is 0.905. The fraction of sp³-hybridized carbons (Fsp3) is 0.500. The normalized spacial score (nSPS) is 12.5. The average molecular weight is 248 g/mol. The second kappa shape index (κ2) is 5.49. The van der Waals surface area contributed by atoms with E-state index in [0.29, 0.717) is 16.3 Å². The Morgan fingerprint density at radius 3 is 2.87 bits per heavy atom. The minimum Gasteiger partial charge on any atom is -0.391 e. The molecular formula is C10H14ClNO2S. The molecule has 0 fully saturated rings. The van der Waals surface area contributed by atoms with Crippen LogP contribution in [-0.2, 0) is 0 Å². The largest absolute Gasteiger partial charge is 0.391 e. The molecule has 0 spiro atoms. The molecule has 2 N–H and O–H groups in total. The van der Waals surface area contributed by atoms with Gasteiger partial charge in [-0.25, -0.2) is 0 Å². The summed E-state index contributed by atoms with van der Waals surface area (Å²) in [7, 11) is 0. The third-order valence-corrected chi connectivity index (χ3v) is 3.77. The van der Waals surface area contributed by atoms with E-state index in [0.717, 1.165) is 5.56 Å². The van der Waals surface area contributed by atoms with Crippen molar-refractivity contribution in [2.24, 2.45) is 0 Å². The number of aliphatic hydroxyl groups is 1. The molecule has 0 aliphatic carbocycles. The van der Waals surface area contributed by atoms with E-state index < -0.39 is 6.10 Å². The molecule has 1 amide bonds. The lowest BCUT2D eigenvalue weighted by molar-refractivity contribution is 0.0918. The highest BCUT2D eigenvalue weighted by atomic mass is 35.5. The number of halogens is 1. The zero-order valence-corrected chi connectivity index (χ0v) is 10.3. The first kappa shape index (κ1) is 12.5. The van der Waals surface area contributed by atoms with E-state index in [-0.39, 0.29) is 12.5 Å². The summed E-state index contributed by atoms with van der Waals surface area (Å²) in [5.74, 6) is -0.217.